The number of nitrogens with zero attached hydrogens (tertiary/aromatic N) is 2. The molecule has 0 bridgehead atoms. The molecule has 5 N–H and O–H groups in total. The standard InChI is InChI=1S/C31H35F6N5O5/c1-17(2)23(29(46)47)39-16-42-22-11-7-6-10-21(22)24(18-8-4-3-5-9-18)40-26(28(42)45)41-27(44)20(13-15-31(35,36)37)19(25(38)43)12-14-30(32,33)34/h3-11,17,19-20,23,26,39H,12-16H2,1-2H3,(H2,38,43)(H,41,44)(H,46,47)/t19-,20+,23-,26+/m0/s1. The van der Waals surface area contributed by atoms with E-state index in [0.29, 0.717) is 11.1 Å². The highest BCUT2D eigenvalue weighted by atomic mass is 19.4. The summed E-state index contributed by atoms with van der Waals surface area (Å²) in [6.07, 6.45) is -16.8. The molecule has 47 heavy (non-hydrogen) atoms. The van der Waals surface area contributed by atoms with Gasteiger partial charge in [0.2, 0.25) is 18.0 Å². The van der Waals surface area contributed by atoms with Gasteiger partial charge in [0.25, 0.3) is 5.91 Å². The van der Waals surface area contributed by atoms with Gasteiger partial charge in [-0.05, 0) is 24.8 Å². The molecule has 1 heterocycles. The molecule has 2 aromatic carbocycles. The number of amides is 3. The van der Waals surface area contributed by atoms with Gasteiger partial charge in [0.05, 0.1) is 18.1 Å². The van der Waals surface area contributed by atoms with E-state index in [9.17, 15) is 50.6 Å². The molecule has 10 nitrogen and oxygen atoms in total. The molecule has 0 radical (unpaired) electrons. The van der Waals surface area contributed by atoms with Crippen LogP contribution in [0.5, 0.6) is 0 Å². The van der Waals surface area contributed by atoms with Gasteiger partial charge in [-0.2, -0.15) is 26.3 Å². The van der Waals surface area contributed by atoms with Crippen LogP contribution in [0.15, 0.2) is 59.6 Å². The molecule has 0 unspecified atom stereocenters. The van der Waals surface area contributed by atoms with Crippen LogP contribution >= 0.6 is 0 Å². The lowest BCUT2D eigenvalue weighted by molar-refractivity contribution is -0.152. The number of nitrogens with two attached hydrogens (primary N) is 1. The predicted molar refractivity (Wildman–Crippen MR) is 159 cm³/mol. The van der Waals surface area contributed by atoms with Crippen molar-refractivity contribution in [2.24, 2.45) is 28.5 Å². The first-order valence-corrected chi connectivity index (χ1v) is 14.6. The second-order valence-corrected chi connectivity index (χ2v) is 11.4. The Labute approximate surface area is 266 Å². The maximum Gasteiger partial charge on any atom is 0.389 e. The van der Waals surface area contributed by atoms with E-state index in [-0.39, 0.29) is 11.4 Å². The van der Waals surface area contributed by atoms with Crippen LogP contribution in [0.25, 0.3) is 0 Å². The van der Waals surface area contributed by atoms with E-state index >= 15 is 0 Å². The molecule has 3 rings (SSSR count). The Morgan fingerprint density at radius 1 is 0.915 bits per heavy atom. The fourth-order valence-corrected chi connectivity index (χ4v) is 5.25. The van der Waals surface area contributed by atoms with Crippen LogP contribution in [-0.4, -0.2) is 65.7 Å². The summed E-state index contributed by atoms with van der Waals surface area (Å²) in [4.78, 5) is 57.4. The number of carbonyl (C=O) groups excluding carboxylic acids is 3. The molecular weight excluding hydrogens is 636 g/mol. The topological polar surface area (TPSA) is 154 Å². The fraction of sp³-hybridized carbons (Fsp3) is 0.452. The summed E-state index contributed by atoms with van der Waals surface area (Å²) in [5, 5.41) is 14.7. The summed E-state index contributed by atoms with van der Waals surface area (Å²) >= 11 is 0. The van der Waals surface area contributed by atoms with Crippen molar-refractivity contribution in [1.29, 1.82) is 0 Å². The lowest BCUT2D eigenvalue weighted by atomic mass is 9.83. The zero-order valence-electron chi connectivity index (χ0n) is 25.4. The number of hydrogen-bond donors (Lipinski definition) is 4. The first-order valence-electron chi connectivity index (χ1n) is 14.6. The van der Waals surface area contributed by atoms with Crippen LogP contribution in [0.1, 0.15) is 50.7 Å². The summed E-state index contributed by atoms with van der Waals surface area (Å²) < 4.78 is 78.9. The Morgan fingerprint density at radius 3 is 2.00 bits per heavy atom. The number of carbonyl (C=O) groups is 4. The maximum absolute atomic E-state index is 14.1. The number of halogens is 6. The number of primary amides is 1. The van der Waals surface area contributed by atoms with Gasteiger partial charge in [0, 0.05) is 35.8 Å². The van der Waals surface area contributed by atoms with E-state index in [0.717, 1.165) is 4.90 Å². The van der Waals surface area contributed by atoms with Crippen LogP contribution in [0.2, 0.25) is 0 Å². The SMILES string of the molecule is CC(C)[C@H](NCN1C(=O)[C@@H](NC(=O)[C@H](CCC(F)(F)F)[C@H](CCC(F)(F)F)C(N)=O)N=C(c2ccccc2)c2ccccc21)C(=O)O. The molecule has 0 aliphatic carbocycles. The van der Waals surface area contributed by atoms with Gasteiger partial charge in [-0.3, -0.25) is 29.4 Å². The van der Waals surface area contributed by atoms with E-state index < -0.39 is 98.4 Å². The number of aliphatic carboxylic acids is 1. The summed E-state index contributed by atoms with van der Waals surface area (Å²) in [6.45, 7) is 2.87. The van der Waals surface area contributed by atoms with Gasteiger partial charge >= 0.3 is 18.3 Å². The van der Waals surface area contributed by atoms with Gasteiger partial charge in [0.1, 0.15) is 6.04 Å². The Bertz CT molecular complexity index is 1460. The average Bonchev–Trinajstić information content (AvgIpc) is 3.08. The zero-order chi connectivity index (χ0) is 35.1. The molecule has 3 amide bonds. The van der Waals surface area contributed by atoms with Crippen molar-refractivity contribution in [2.75, 3.05) is 11.6 Å². The number of para-hydroxylation sites is 1. The Kier molecular flexibility index (Phi) is 12.1. The molecule has 1 aliphatic rings. The van der Waals surface area contributed by atoms with Crippen LogP contribution < -0.4 is 21.3 Å². The van der Waals surface area contributed by atoms with Crippen molar-refractivity contribution < 1.29 is 50.6 Å². The van der Waals surface area contributed by atoms with Gasteiger partial charge in [-0.15, -0.1) is 0 Å². The van der Waals surface area contributed by atoms with Crippen LogP contribution in [0.4, 0.5) is 32.0 Å². The highest BCUT2D eigenvalue weighted by Crippen LogP contribution is 2.33. The summed E-state index contributed by atoms with van der Waals surface area (Å²) in [6, 6.07) is 13.7. The number of aliphatic imine (C=N–C) groups is 1. The number of carboxylic acid groups (broad SMARTS) is 1. The second-order valence-electron chi connectivity index (χ2n) is 11.4. The normalized spacial score (nSPS) is 17.3. The van der Waals surface area contributed by atoms with Gasteiger partial charge in [-0.25, -0.2) is 4.99 Å². The van der Waals surface area contributed by atoms with Crippen molar-refractivity contribution >= 4 is 35.1 Å². The van der Waals surface area contributed by atoms with Crippen molar-refractivity contribution in [3.05, 3.63) is 65.7 Å². The first kappa shape index (κ1) is 37.0. The molecular formula is C31H35F6N5O5. The van der Waals surface area contributed by atoms with Crippen molar-refractivity contribution in [1.82, 2.24) is 10.6 Å². The molecule has 0 spiro atoms. The summed E-state index contributed by atoms with van der Waals surface area (Å²) in [7, 11) is 0. The van der Waals surface area contributed by atoms with Crippen molar-refractivity contribution in [3.8, 4) is 0 Å². The third-order valence-electron chi connectivity index (χ3n) is 7.60. The van der Waals surface area contributed by atoms with E-state index in [4.69, 9.17) is 5.73 Å². The van der Waals surface area contributed by atoms with E-state index in [1.54, 1.807) is 68.4 Å². The molecule has 256 valence electrons. The molecule has 0 fully saturated rings. The number of fused-ring (bicyclic) bond motifs is 1. The summed E-state index contributed by atoms with van der Waals surface area (Å²) in [5.41, 5.74) is 6.59. The van der Waals surface area contributed by atoms with E-state index in [1.807, 2.05) is 0 Å². The van der Waals surface area contributed by atoms with Gasteiger partial charge in [-0.1, -0.05) is 62.4 Å². The maximum atomic E-state index is 14.1. The molecule has 0 aromatic heterocycles. The lowest BCUT2D eigenvalue weighted by Gasteiger charge is -2.29. The zero-order valence-corrected chi connectivity index (χ0v) is 25.4. The average molecular weight is 672 g/mol. The number of rotatable bonds is 14. The van der Waals surface area contributed by atoms with Crippen molar-refractivity contribution in [3.63, 3.8) is 0 Å². The minimum Gasteiger partial charge on any atom is -0.480 e. The molecule has 4 atom stereocenters. The largest absolute Gasteiger partial charge is 0.480 e. The van der Waals surface area contributed by atoms with Gasteiger partial charge in [0.15, 0.2) is 0 Å². The number of benzodiazepines with no additional fused rings is 1. The van der Waals surface area contributed by atoms with E-state index in [2.05, 4.69) is 15.6 Å². The smallest absolute Gasteiger partial charge is 0.389 e. The lowest BCUT2D eigenvalue weighted by Crippen LogP contribution is -2.54. The van der Waals surface area contributed by atoms with E-state index in [1.165, 1.54) is 0 Å². The van der Waals surface area contributed by atoms with Gasteiger partial charge < -0.3 is 16.2 Å². The Balaban J connectivity index is 2.10. The second kappa shape index (κ2) is 15.4. The Hall–Kier alpha value is -4.47. The number of carboxylic acids is 1. The first-order chi connectivity index (χ1) is 21.9. The van der Waals surface area contributed by atoms with Crippen LogP contribution in [0.3, 0.4) is 0 Å². The number of anilines is 1. The highest BCUT2D eigenvalue weighted by Gasteiger charge is 2.41. The summed E-state index contributed by atoms with van der Waals surface area (Å²) in [5.74, 6) is -9.25. The fourth-order valence-electron chi connectivity index (χ4n) is 5.25. The quantitative estimate of drug-likeness (QED) is 0.219. The van der Waals surface area contributed by atoms with Crippen LogP contribution in [-0.2, 0) is 19.2 Å². The molecule has 0 saturated carbocycles. The minimum atomic E-state index is -4.83. The molecule has 1 aliphatic heterocycles. The third kappa shape index (κ3) is 10.3. The molecule has 16 heteroatoms. The number of nitrogens with one attached hydrogen (secondary N) is 2. The van der Waals surface area contributed by atoms with Crippen molar-refractivity contribution in [2.45, 2.75) is 64.1 Å². The third-order valence-corrected chi connectivity index (χ3v) is 7.60. The molecule has 2 aromatic rings. The minimum absolute atomic E-state index is 0.177. The van der Waals surface area contributed by atoms with Crippen LogP contribution in [0, 0.1) is 17.8 Å². The number of alkyl halides is 6. The number of hydrogen-bond acceptors (Lipinski definition) is 6. The monoisotopic (exact) mass is 671 g/mol. The molecule has 0 saturated heterocycles. The predicted octanol–water partition coefficient (Wildman–Crippen LogP) is 4.37. The highest BCUT2D eigenvalue weighted by molar-refractivity contribution is 6.20. The Morgan fingerprint density at radius 2 is 1.47 bits per heavy atom. The number of benzene rings is 2.